The molecule has 0 spiro atoms. The van der Waals surface area contributed by atoms with E-state index in [1.165, 1.54) is 0 Å². The summed E-state index contributed by atoms with van der Waals surface area (Å²) in [6.07, 6.45) is 0. The minimum Gasteiger partial charge on any atom is -0.337 e. The molecule has 0 aliphatic carbocycles. The third-order valence-electron chi connectivity index (χ3n) is 4.14. The van der Waals surface area contributed by atoms with Crippen LogP contribution < -0.4 is 0 Å². The molecule has 20 heavy (non-hydrogen) atoms. The zero-order chi connectivity index (χ0) is 14.1. The van der Waals surface area contributed by atoms with Gasteiger partial charge in [0.25, 0.3) is 5.91 Å². The van der Waals surface area contributed by atoms with Gasteiger partial charge in [0, 0.05) is 43.6 Å². The van der Waals surface area contributed by atoms with Gasteiger partial charge in [0.2, 0.25) is 0 Å². The Kier molecular flexibility index (Phi) is 3.49. The number of aromatic nitrogens is 1. The molecule has 0 N–H and O–H groups in total. The van der Waals surface area contributed by atoms with Gasteiger partial charge in [0.05, 0.1) is 0 Å². The Labute approximate surface area is 119 Å². The van der Waals surface area contributed by atoms with E-state index in [4.69, 9.17) is 0 Å². The van der Waals surface area contributed by atoms with Crippen molar-refractivity contribution in [1.82, 2.24) is 14.4 Å². The first kappa shape index (κ1) is 13.2. The van der Waals surface area contributed by atoms with Crippen molar-refractivity contribution in [2.75, 3.05) is 33.2 Å². The summed E-state index contributed by atoms with van der Waals surface area (Å²) in [6.45, 7) is 6.47. The number of likely N-dealkylation sites (N-methyl/N-ethyl adjacent to an activating group) is 1. The van der Waals surface area contributed by atoms with Gasteiger partial charge in [-0.15, -0.1) is 0 Å². The molecule has 0 atom stereocenters. The number of amides is 1. The number of nitrogens with zero attached hydrogens (tertiary/aromatic N) is 3. The smallest absolute Gasteiger partial charge is 0.270 e. The number of fused-ring (bicyclic) bond motifs is 1. The number of para-hydroxylation sites is 1. The van der Waals surface area contributed by atoms with E-state index >= 15 is 0 Å². The van der Waals surface area contributed by atoms with E-state index in [9.17, 15) is 4.79 Å². The minimum atomic E-state index is 0.163. The van der Waals surface area contributed by atoms with Gasteiger partial charge < -0.3 is 14.4 Å². The first-order valence-electron chi connectivity index (χ1n) is 7.27. The van der Waals surface area contributed by atoms with Crippen molar-refractivity contribution in [2.24, 2.45) is 0 Å². The lowest BCUT2D eigenvalue weighted by Crippen LogP contribution is -2.47. The van der Waals surface area contributed by atoms with Crippen molar-refractivity contribution in [3.8, 4) is 0 Å². The van der Waals surface area contributed by atoms with Crippen LogP contribution in [0.1, 0.15) is 17.4 Å². The molecule has 1 saturated heterocycles. The zero-order valence-electron chi connectivity index (χ0n) is 12.2. The Morgan fingerprint density at radius 1 is 1.15 bits per heavy atom. The predicted molar refractivity (Wildman–Crippen MR) is 81.0 cm³/mol. The lowest BCUT2D eigenvalue weighted by molar-refractivity contribution is 0.0654. The average Bonchev–Trinajstić information content (AvgIpc) is 2.85. The first-order valence-corrected chi connectivity index (χ1v) is 7.27. The molecule has 4 nitrogen and oxygen atoms in total. The molecule has 0 bridgehead atoms. The van der Waals surface area contributed by atoms with Crippen molar-refractivity contribution in [1.29, 1.82) is 0 Å². The van der Waals surface area contributed by atoms with Gasteiger partial charge in [0.15, 0.2) is 0 Å². The quantitative estimate of drug-likeness (QED) is 0.836. The Bertz CT molecular complexity index is 624. The topological polar surface area (TPSA) is 28.5 Å². The summed E-state index contributed by atoms with van der Waals surface area (Å²) in [6, 6.07) is 10.2. The maximum atomic E-state index is 12.7. The summed E-state index contributed by atoms with van der Waals surface area (Å²) in [5.41, 5.74) is 1.96. The number of hydrogen-bond donors (Lipinski definition) is 0. The van der Waals surface area contributed by atoms with Gasteiger partial charge in [-0.2, -0.15) is 0 Å². The number of benzene rings is 1. The Morgan fingerprint density at radius 2 is 1.85 bits per heavy atom. The third kappa shape index (κ3) is 2.20. The van der Waals surface area contributed by atoms with E-state index in [0.717, 1.165) is 49.3 Å². The van der Waals surface area contributed by atoms with E-state index in [2.05, 4.69) is 35.6 Å². The van der Waals surface area contributed by atoms with Crippen LogP contribution in [0.2, 0.25) is 0 Å². The first-order chi connectivity index (χ1) is 9.70. The highest BCUT2D eigenvalue weighted by Gasteiger charge is 2.23. The van der Waals surface area contributed by atoms with E-state index in [1.54, 1.807) is 0 Å². The minimum absolute atomic E-state index is 0.163. The Hall–Kier alpha value is -1.81. The van der Waals surface area contributed by atoms with Crippen LogP contribution in [0.25, 0.3) is 10.9 Å². The lowest BCUT2D eigenvalue weighted by Gasteiger charge is -2.32. The van der Waals surface area contributed by atoms with Crippen molar-refractivity contribution >= 4 is 16.8 Å². The van der Waals surface area contributed by atoms with Gasteiger partial charge in [0.1, 0.15) is 5.69 Å². The number of carbonyl (C=O) groups excluding carboxylic acids is 1. The second-order valence-corrected chi connectivity index (χ2v) is 5.43. The van der Waals surface area contributed by atoms with Crippen molar-refractivity contribution < 1.29 is 4.79 Å². The molecule has 1 fully saturated rings. The number of piperazine rings is 1. The second kappa shape index (κ2) is 5.29. The van der Waals surface area contributed by atoms with Crippen molar-refractivity contribution in [3.05, 3.63) is 36.0 Å². The van der Waals surface area contributed by atoms with Crippen LogP contribution in [0.4, 0.5) is 0 Å². The SMILES string of the molecule is CCn1c(C(=O)N2CCN(C)CC2)cc2ccccc21. The maximum absolute atomic E-state index is 12.7. The molecule has 2 aromatic rings. The molecule has 106 valence electrons. The van der Waals surface area contributed by atoms with E-state index < -0.39 is 0 Å². The van der Waals surface area contributed by atoms with Gasteiger partial charge in [-0.05, 0) is 26.1 Å². The number of rotatable bonds is 2. The normalized spacial score (nSPS) is 16.8. The summed E-state index contributed by atoms with van der Waals surface area (Å²) in [7, 11) is 2.10. The molecular formula is C16H21N3O. The highest BCUT2D eigenvalue weighted by atomic mass is 16.2. The zero-order valence-corrected chi connectivity index (χ0v) is 12.2. The van der Waals surface area contributed by atoms with Crippen LogP contribution in [0, 0.1) is 0 Å². The Morgan fingerprint density at radius 3 is 2.55 bits per heavy atom. The molecule has 0 unspecified atom stereocenters. The van der Waals surface area contributed by atoms with E-state index in [0.29, 0.717) is 0 Å². The van der Waals surface area contributed by atoms with E-state index in [1.807, 2.05) is 23.1 Å². The number of hydrogen-bond acceptors (Lipinski definition) is 2. The van der Waals surface area contributed by atoms with Gasteiger partial charge in [-0.3, -0.25) is 4.79 Å². The molecule has 1 aromatic carbocycles. The van der Waals surface area contributed by atoms with Crippen LogP contribution >= 0.6 is 0 Å². The average molecular weight is 271 g/mol. The monoisotopic (exact) mass is 271 g/mol. The molecule has 2 heterocycles. The fraction of sp³-hybridized carbons (Fsp3) is 0.438. The molecule has 0 radical (unpaired) electrons. The molecule has 0 saturated carbocycles. The molecule has 3 rings (SSSR count). The van der Waals surface area contributed by atoms with Crippen LogP contribution in [-0.2, 0) is 6.54 Å². The Balaban J connectivity index is 1.95. The second-order valence-electron chi connectivity index (χ2n) is 5.43. The number of carbonyl (C=O) groups is 1. The molecule has 1 aliphatic heterocycles. The van der Waals surface area contributed by atoms with Crippen molar-refractivity contribution in [2.45, 2.75) is 13.5 Å². The predicted octanol–water partition coefficient (Wildman–Crippen LogP) is 2.05. The molecule has 1 amide bonds. The van der Waals surface area contributed by atoms with Crippen molar-refractivity contribution in [3.63, 3.8) is 0 Å². The van der Waals surface area contributed by atoms with Gasteiger partial charge in [-0.25, -0.2) is 0 Å². The summed E-state index contributed by atoms with van der Waals surface area (Å²) >= 11 is 0. The third-order valence-corrected chi connectivity index (χ3v) is 4.14. The van der Waals surface area contributed by atoms with Crippen LogP contribution in [-0.4, -0.2) is 53.5 Å². The maximum Gasteiger partial charge on any atom is 0.270 e. The van der Waals surface area contributed by atoms with Crippen LogP contribution in [0.3, 0.4) is 0 Å². The van der Waals surface area contributed by atoms with Crippen LogP contribution in [0.5, 0.6) is 0 Å². The van der Waals surface area contributed by atoms with Gasteiger partial charge >= 0.3 is 0 Å². The van der Waals surface area contributed by atoms with E-state index in [-0.39, 0.29) is 5.91 Å². The highest BCUT2D eigenvalue weighted by Crippen LogP contribution is 2.21. The fourth-order valence-corrected chi connectivity index (χ4v) is 2.90. The number of aryl methyl sites for hydroxylation is 1. The highest BCUT2D eigenvalue weighted by molar-refractivity contribution is 5.98. The molecule has 1 aromatic heterocycles. The van der Waals surface area contributed by atoms with Gasteiger partial charge in [-0.1, -0.05) is 18.2 Å². The fourth-order valence-electron chi connectivity index (χ4n) is 2.90. The standard InChI is InChI=1S/C16H21N3O/c1-3-19-14-7-5-4-6-13(14)12-15(19)16(20)18-10-8-17(2)9-11-18/h4-7,12H,3,8-11H2,1-2H3. The molecular weight excluding hydrogens is 250 g/mol. The van der Waals surface area contributed by atoms with Crippen LogP contribution in [0.15, 0.2) is 30.3 Å². The molecule has 4 heteroatoms. The summed E-state index contributed by atoms with van der Waals surface area (Å²) in [4.78, 5) is 17.0. The largest absolute Gasteiger partial charge is 0.337 e. The summed E-state index contributed by atoms with van der Waals surface area (Å²) in [5.74, 6) is 0.163. The summed E-state index contributed by atoms with van der Waals surface area (Å²) in [5, 5.41) is 1.15. The lowest BCUT2D eigenvalue weighted by atomic mass is 10.2. The summed E-state index contributed by atoms with van der Waals surface area (Å²) < 4.78 is 2.12. The molecule has 1 aliphatic rings.